The number of carboxylic acids is 1. The van der Waals surface area contributed by atoms with E-state index in [1.54, 1.807) is 13.3 Å². The van der Waals surface area contributed by atoms with Gasteiger partial charge in [-0.05, 0) is 93.9 Å². The van der Waals surface area contributed by atoms with E-state index in [0.717, 1.165) is 42.0 Å². The molecule has 0 amide bonds. The number of aliphatic carboxylic acids is 1. The van der Waals surface area contributed by atoms with Crippen molar-refractivity contribution in [2.45, 2.75) is 77.3 Å². The predicted octanol–water partition coefficient (Wildman–Crippen LogP) is 6.48. The zero-order chi connectivity index (χ0) is 24.1. The van der Waals surface area contributed by atoms with Crippen LogP contribution >= 0.6 is 0 Å². The minimum Gasteiger partial charge on any atom is -0.497 e. The lowest BCUT2D eigenvalue weighted by molar-refractivity contribution is -0.153. The van der Waals surface area contributed by atoms with E-state index in [9.17, 15) is 9.90 Å². The average molecular weight is 471 g/mol. The van der Waals surface area contributed by atoms with Crippen LogP contribution in [0, 0.1) is 18.3 Å². The van der Waals surface area contributed by atoms with Crippen molar-refractivity contribution in [3.8, 4) is 5.75 Å². The molecule has 2 fully saturated rings. The van der Waals surface area contributed by atoms with E-state index in [1.807, 2.05) is 25.1 Å². The van der Waals surface area contributed by atoms with Crippen molar-refractivity contribution in [2.75, 3.05) is 26.7 Å². The summed E-state index contributed by atoms with van der Waals surface area (Å²) in [5.74, 6) is 0.727. The van der Waals surface area contributed by atoms with E-state index in [0.29, 0.717) is 30.6 Å². The van der Waals surface area contributed by atoms with Crippen LogP contribution in [0.5, 0.6) is 5.75 Å². The van der Waals surface area contributed by atoms with Gasteiger partial charge < -0.3 is 14.7 Å². The molecule has 6 heteroatoms. The van der Waals surface area contributed by atoms with Crippen molar-refractivity contribution in [1.82, 2.24) is 9.88 Å². The monoisotopic (exact) mass is 470 g/mol. The number of hydrogen-bond donors (Lipinski definition) is 1. The Kier molecular flexibility index (Phi) is 8.07. The molecule has 2 aliphatic rings. The molecule has 1 aliphatic heterocycles. The van der Waals surface area contributed by atoms with Crippen LogP contribution in [0.3, 0.4) is 0 Å². The number of carboxylic acid groups (broad SMARTS) is 1. The van der Waals surface area contributed by atoms with Crippen LogP contribution in [0.4, 0.5) is 4.39 Å². The third kappa shape index (κ3) is 5.54. The van der Waals surface area contributed by atoms with Crippen LogP contribution in [0.1, 0.15) is 81.5 Å². The summed E-state index contributed by atoms with van der Waals surface area (Å²) >= 11 is 0. The van der Waals surface area contributed by atoms with Gasteiger partial charge in [0.25, 0.3) is 0 Å². The molecule has 2 heterocycles. The molecule has 1 aromatic heterocycles. The van der Waals surface area contributed by atoms with Gasteiger partial charge in [0.2, 0.25) is 0 Å². The number of nitrogens with zero attached hydrogens (tertiary/aromatic N) is 2. The Morgan fingerprint density at radius 3 is 2.68 bits per heavy atom. The molecule has 1 aliphatic carbocycles. The molecule has 186 valence electrons. The largest absolute Gasteiger partial charge is 0.497 e. The second-order valence-electron chi connectivity index (χ2n) is 10.5. The fourth-order valence-electron chi connectivity index (χ4n) is 6.00. The number of ether oxygens (including phenoxy) is 1. The highest BCUT2D eigenvalue weighted by Gasteiger charge is 2.41. The van der Waals surface area contributed by atoms with E-state index in [2.05, 4.69) is 9.88 Å². The number of fused-ring (bicyclic) bond motifs is 1. The van der Waals surface area contributed by atoms with Crippen molar-refractivity contribution in [2.24, 2.45) is 11.3 Å². The number of methoxy groups -OCH3 is 1. The number of aromatic nitrogens is 1. The van der Waals surface area contributed by atoms with Crippen LogP contribution in [0.2, 0.25) is 0 Å². The van der Waals surface area contributed by atoms with Gasteiger partial charge in [-0.15, -0.1) is 0 Å². The Hall–Kier alpha value is -2.21. The van der Waals surface area contributed by atoms with E-state index >= 15 is 4.39 Å². The van der Waals surface area contributed by atoms with Gasteiger partial charge in [-0.1, -0.05) is 32.1 Å². The Morgan fingerprint density at radius 2 is 2.00 bits per heavy atom. The summed E-state index contributed by atoms with van der Waals surface area (Å²) in [6.07, 6.45) is 10.2. The van der Waals surface area contributed by atoms with Gasteiger partial charge in [0.05, 0.1) is 18.0 Å². The molecule has 1 N–H and O–H groups in total. The molecule has 1 saturated heterocycles. The number of piperidine rings is 1. The number of aryl methyl sites for hydroxylation is 1. The van der Waals surface area contributed by atoms with E-state index in [1.165, 1.54) is 38.5 Å². The number of hydrogen-bond acceptors (Lipinski definition) is 4. The van der Waals surface area contributed by atoms with Gasteiger partial charge >= 0.3 is 5.97 Å². The number of pyridine rings is 1. The average Bonchev–Trinajstić information content (AvgIpc) is 2.86. The third-order valence-electron chi connectivity index (χ3n) is 8.35. The van der Waals surface area contributed by atoms with Crippen molar-refractivity contribution in [3.63, 3.8) is 0 Å². The minimum atomic E-state index is -1.24. The van der Waals surface area contributed by atoms with Gasteiger partial charge in [-0.2, -0.15) is 0 Å². The standard InChI is InChI=1S/C28H39FN2O3/c1-20-19-30-25-9-8-22(34-2)18-23(25)26(20)24(29)10-12-28(27(32)33)13-16-31(17-14-28)15-11-21-6-4-3-5-7-21/h8-9,18-19,21,24H,3-7,10-17H2,1-2H3,(H,32,33). The van der Waals surface area contributed by atoms with Gasteiger partial charge in [0.15, 0.2) is 0 Å². The first-order valence-corrected chi connectivity index (χ1v) is 12.9. The lowest BCUT2D eigenvalue weighted by Crippen LogP contribution is -2.45. The van der Waals surface area contributed by atoms with E-state index in [4.69, 9.17) is 4.74 Å². The second kappa shape index (κ2) is 11.0. The van der Waals surface area contributed by atoms with Gasteiger partial charge in [-0.25, -0.2) is 4.39 Å². The maximum atomic E-state index is 15.7. The molecule has 34 heavy (non-hydrogen) atoms. The Balaban J connectivity index is 1.39. The fraction of sp³-hybridized carbons (Fsp3) is 0.643. The van der Waals surface area contributed by atoms with Crippen molar-refractivity contribution in [1.29, 1.82) is 0 Å². The molecule has 1 aromatic carbocycles. The first-order valence-electron chi connectivity index (χ1n) is 12.9. The number of likely N-dealkylation sites (tertiary alicyclic amines) is 1. The molecule has 0 bridgehead atoms. The number of benzene rings is 1. The summed E-state index contributed by atoms with van der Waals surface area (Å²) in [7, 11) is 1.59. The molecule has 4 rings (SSSR count). The molecule has 2 aromatic rings. The van der Waals surface area contributed by atoms with Gasteiger partial charge in [0.1, 0.15) is 11.9 Å². The molecular weight excluding hydrogens is 431 g/mol. The van der Waals surface area contributed by atoms with Gasteiger partial charge in [0, 0.05) is 11.6 Å². The quantitative estimate of drug-likeness (QED) is 0.454. The van der Waals surface area contributed by atoms with Crippen molar-refractivity contribution >= 4 is 16.9 Å². The SMILES string of the molecule is COc1ccc2ncc(C)c(C(F)CCC3(C(=O)O)CCN(CCC4CCCCC4)CC3)c2c1. The normalized spacial score (nSPS) is 20.3. The molecule has 1 unspecified atom stereocenters. The summed E-state index contributed by atoms with van der Waals surface area (Å²) in [4.78, 5) is 19.2. The van der Waals surface area contributed by atoms with Crippen LogP contribution < -0.4 is 4.74 Å². The minimum absolute atomic E-state index is 0.200. The zero-order valence-corrected chi connectivity index (χ0v) is 20.7. The molecule has 1 atom stereocenters. The highest BCUT2D eigenvalue weighted by molar-refractivity contribution is 5.85. The van der Waals surface area contributed by atoms with Crippen molar-refractivity contribution < 1.29 is 19.0 Å². The van der Waals surface area contributed by atoms with Crippen molar-refractivity contribution in [3.05, 3.63) is 35.5 Å². The van der Waals surface area contributed by atoms with Crippen LogP contribution in [0.25, 0.3) is 10.9 Å². The fourth-order valence-corrected chi connectivity index (χ4v) is 6.00. The number of alkyl halides is 1. The first-order chi connectivity index (χ1) is 16.4. The summed E-state index contributed by atoms with van der Waals surface area (Å²) in [5.41, 5.74) is 1.29. The molecular formula is C28H39FN2O3. The highest BCUT2D eigenvalue weighted by Crippen LogP contribution is 2.41. The maximum absolute atomic E-state index is 15.7. The lowest BCUT2D eigenvalue weighted by atomic mass is 9.74. The molecule has 1 saturated carbocycles. The van der Waals surface area contributed by atoms with Crippen LogP contribution in [0.15, 0.2) is 24.4 Å². The van der Waals surface area contributed by atoms with E-state index in [-0.39, 0.29) is 6.42 Å². The Labute approximate surface area is 202 Å². The summed E-state index contributed by atoms with van der Waals surface area (Å²) in [5, 5.41) is 10.9. The summed E-state index contributed by atoms with van der Waals surface area (Å²) in [6, 6.07) is 5.49. The molecule has 5 nitrogen and oxygen atoms in total. The van der Waals surface area contributed by atoms with E-state index < -0.39 is 17.6 Å². The Morgan fingerprint density at radius 1 is 1.26 bits per heavy atom. The predicted molar refractivity (Wildman–Crippen MR) is 133 cm³/mol. The highest BCUT2D eigenvalue weighted by atomic mass is 19.1. The summed E-state index contributed by atoms with van der Waals surface area (Å²) in [6.45, 7) is 4.52. The maximum Gasteiger partial charge on any atom is 0.309 e. The van der Waals surface area contributed by atoms with Crippen LogP contribution in [-0.2, 0) is 4.79 Å². The Bertz CT molecular complexity index is 981. The number of halogens is 1. The molecule has 0 spiro atoms. The van der Waals surface area contributed by atoms with Crippen LogP contribution in [-0.4, -0.2) is 47.7 Å². The number of rotatable bonds is 9. The third-order valence-corrected chi connectivity index (χ3v) is 8.35. The lowest BCUT2D eigenvalue weighted by Gasteiger charge is -2.39. The second-order valence-corrected chi connectivity index (χ2v) is 10.5. The smallest absolute Gasteiger partial charge is 0.309 e. The molecule has 0 radical (unpaired) electrons. The zero-order valence-electron chi connectivity index (χ0n) is 20.7. The number of carbonyl (C=O) groups is 1. The summed E-state index contributed by atoms with van der Waals surface area (Å²) < 4.78 is 21.0. The first kappa shape index (κ1) is 24.9. The topological polar surface area (TPSA) is 62.7 Å². The van der Waals surface area contributed by atoms with Gasteiger partial charge in [-0.3, -0.25) is 9.78 Å².